The Labute approximate surface area is 184 Å². The molecule has 6 nitrogen and oxygen atoms in total. The van der Waals surface area contributed by atoms with Crippen molar-refractivity contribution in [2.24, 2.45) is 0 Å². The van der Waals surface area contributed by atoms with Crippen molar-refractivity contribution in [3.63, 3.8) is 0 Å². The highest BCUT2D eigenvalue weighted by Gasteiger charge is 2.14. The summed E-state index contributed by atoms with van der Waals surface area (Å²) in [5.74, 6) is 5.85. The minimum absolute atomic E-state index is 0.0248. The first-order chi connectivity index (χ1) is 14.4. The van der Waals surface area contributed by atoms with E-state index in [9.17, 15) is 4.79 Å². The van der Waals surface area contributed by atoms with Crippen LogP contribution in [0.25, 0.3) is 0 Å². The molecule has 2 rings (SSSR count). The van der Waals surface area contributed by atoms with Gasteiger partial charge in [-0.05, 0) is 56.8 Å². The molecule has 0 saturated heterocycles. The number of hydrogen-bond acceptors (Lipinski definition) is 5. The van der Waals surface area contributed by atoms with Gasteiger partial charge in [0.25, 0.3) is 0 Å². The second kappa shape index (κ2) is 13.4. The van der Waals surface area contributed by atoms with E-state index in [4.69, 9.17) is 17.0 Å². The highest BCUT2D eigenvalue weighted by molar-refractivity contribution is 6.31. The number of hydrogen-bond donors (Lipinski definition) is 3. The van der Waals surface area contributed by atoms with E-state index in [1.165, 1.54) is 6.34 Å². The summed E-state index contributed by atoms with van der Waals surface area (Å²) in [4.78, 5) is 17.0. The lowest BCUT2D eigenvalue weighted by Crippen LogP contribution is -2.17. The first-order valence-corrected chi connectivity index (χ1v) is 9.96. The van der Waals surface area contributed by atoms with Gasteiger partial charge in [-0.2, -0.15) is 0 Å². The van der Waals surface area contributed by atoms with Gasteiger partial charge in [-0.15, -0.1) is 5.92 Å². The molecule has 0 spiro atoms. The molecule has 2 aromatic rings. The topological polar surface area (TPSA) is 81.1 Å². The van der Waals surface area contributed by atoms with E-state index >= 15 is 0 Å². The van der Waals surface area contributed by atoms with Gasteiger partial charge in [0.2, 0.25) is 0 Å². The average Bonchev–Trinajstić information content (AvgIpc) is 2.74. The number of carbonyl (C=O) groups excluding carboxylic acids is 1. The molecule has 0 amide bonds. The van der Waals surface area contributed by atoms with Crippen LogP contribution in [0, 0.1) is 17.3 Å². The standard InChI is InChI=1S/C20H22ClN3O.C3H8N2/c1-4-5-15-6-9-19(23-13-15)14(2)24-16-7-8-18(21)17(12-16)20(22-3)10-11-25;1-5(2)3-4/h6-9,11-14,20,22,24H,10H2,1-3H3;3-4H,1-2H3/t14-,20?;/m1./s1. The maximum atomic E-state index is 10.9. The lowest BCUT2D eigenvalue weighted by molar-refractivity contribution is -0.108. The van der Waals surface area contributed by atoms with Crippen LogP contribution in [0.4, 0.5) is 5.69 Å². The Morgan fingerprint density at radius 3 is 2.50 bits per heavy atom. The second-order valence-corrected chi connectivity index (χ2v) is 7.19. The van der Waals surface area contributed by atoms with Crippen molar-refractivity contribution >= 4 is 29.9 Å². The zero-order valence-corrected chi connectivity index (χ0v) is 18.9. The number of pyridine rings is 1. The van der Waals surface area contributed by atoms with Gasteiger partial charge in [0.05, 0.1) is 18.1 Å². The molecule has 30 heavy (non-hydrogen) atoms. The molecule has 0 aliphatic carbocycles. The van der Waals surface area contributed by atoms with E-state index in [1.54, 1.807) is 18.0 Å². The van der Waals surface area contributed by atoms with E-state index in [0.717, 1.165) is 28.8 Å². The number of nitrogens with zero attached hydrogens (tertiary/aromatic N) is 2. The number of aromatic nitrogens is 1. The van der Waals surface area contributed by atoms with Gasteiger partial charge in [0.15, 0.2) is 0 Å². The molecule has 2 atom stereocenters. The Kier molecular flexibility index (Phi) is 11.2. The molecule has 7 heteroatoms. The average molecular weight is 428 g/mol. The van der Waals surface area contributed by atoms with Crippen molar-refractivity contribution < 1.29 is 4.79 Å². The molecule has 0 bridgehead atoms. The zero-order chi connectivity index (χ0) is 22.5. The minimum Gasteiger partial charge on any atom is -0.377 e. The molecule has 1 unspecified atom stereocenters. The molecular formula is C23H30ClN5O. The van der Waals surface area contributed by atoms with Gasteiger partial charge in [0.1, 0.15) is 6.29 Å². The van der Waals surface area contributed by atoms with Gasteiger partial charge < -0.3 is 20.3 Å². The zero-order valence-electron chi connectivity index (χ0n) is 18.2. The maximum absolute atomic E-state index is 10.9. The normalized spacial score (nSPS) is 11.7. The molecule has 0 fully saturated rings. The van der Waals surface area contributed by atoms with E-state index in [1.807, 2.05) is 58.4 Å². The van der Waals surface area contributed by atoms with Crippen molar-refractivity contribution in [2.45, 2.75) is 32.4 Å². The molecule has 160 valence electrons. The first-order valence-electron chi connectivity index (χ1n) is 9.58. The number of aldehydes is 1. The Hall–Kier alpha value is -2.88. The lowest BCUT2D eigenvalue weighted by Gasteiger charge is -2.19. The molecule has 0 aliphatic heterocycles. The number of carbonyl (C=O) groups is 1. The van der Waals surface area contributed by atoms with E-state index in [0.29, 0.717) is 11.4 Å². The third-order valence-corrected chi connectivity index (χ3v) is 4.54. The van der Waals surface area contributed by atoms with Crippen LogP contribution in [-0.4, -0.2) is 43.7 Å². The minimum atomic E-state index is -0.105. The third-order valence-electron chi connectivity index (χ3n) is 4.19. The fourth-order valence-electron chi connectivity index (χ4n) is 2.60. The molecule has 3 N–H and O–H groups in total. The molecule has 1 aromatic carbocycles. The van der Waals surface area contributed by atoms with Crippen molar-refractivity contribution in [1.82, 2.24) is 15.2 Å². The van der Waals surface area contributed by atoms with Crippen LogP contribution >= 0.6 is 11.6 Å². The molecule has 1 heterocycles. The monoisotopic (exact) mass is 427 g/mol. The van der Waals surface area contributed by atoms with Crippen molar-refractivity contribution in [1.29, 1.82) is 5.41 Å². The highest BCUT2D eigenvalue weighted by atomic mass is 35.5. The fraction of sp³-hybridized carbons (Fsp3) is 0.348. The number of rotatable bonds is 8. The van der Waals surface area contributed by atoms with E-state index < -0.39 is 0 Å². The quantitative estimate of drug-likeness (QED) is 0.253. The molecule has 0 aliphatic rings. The Morgan fingerprint density at radius 1 is 1.30 bits per heavy atom. The molecule has 0 saturated carbocycles. The summed E-state index contributed by atoms with van der Waals surface area (Å²) < 4.78 is 0. The summed E-state index contributed by atoms with van der Waals surface area (Å²) in [7, 11) is 5.44. The fourth-order valence-corrected chi connectivity index (χ4v) is 2.85. The summed E-state index contributed by atoms with van der Waals surface area (Å²) in [5.41, 5.74) is 3.65. The van der Waals surface area contributed by atoms with Gasteiger partial charge in [-0.3, -0.25) is 10.4 Å². The Balaban J connectivity index is 0.000000804. The van der Waals surface area contributed by atoms with Gasteiger partial charge >= 0.3 is 0 Å². The lowest BCUT2D eigenvalue weighted by atomic mass is 10.0. The summed E-state index contributed by atoms with van der Waals surface area (Å²) in [6.45, 7) is 3.85. The summed E-state index contributed by atoms with van der Waals surface area (Å²) in [5, 5.41) is 13.6. The van der Waals surface area contributed by atoms with Gasteiger partial charge in [-0.1, -0.05) is 17.5 Å². The van der Waals surface area contributed by atoms with Crippen LogP contribution in [0.5, 0.6) is 0 Å². The summed E-state index contributed by atoms with van der Waals surface area (Å²) >= 11 is 6.30. The largest absolute Gasteiger partial charge is 0.377 e. The van der Waals surface area contributed by atoms with Crippen LogP contribution in [-0.2, 0) is 4.79 Å². The van der Waals surface area contributed by atoms with Gasteiger partial charge in [0, 0.05) is 49.0 Å². The van der Waals surface area contributed by atoms with E-state index in [-0.39, 0.29) is 12.1 Å². The number of anilines is 1. The predicted octanol–water partition coefficient (Wildman–Crippen LogP) is 4.28. The van der Waals surface area contributed by atoms with Crippen LogP contribution in [0.3, 0.4) is 0 Å². The number of nitrogens with one attached hydrogen (secondary N) is 3. The Morgan fingerprint density at radius 2 is 2.00 bits per heavy atom. The van der Waals surface area contributed by atoms with E-state index in [2.05, 4.69) is 27.5 Å². The molecule has 1 aromatic heterocycles. The number of halogens is 1. The van der Waals surface area contributed by atoms with Crippen LogP contribution in [0.2, 0.25) is 5.02 Å². The van der Waals surface area contributed by atoms with Crippen molar-refractivity contribution in [3.05, 3.63) is 58.4 Å². The van der Waals surface area contributed by atoms with Crippen molar-refractivity contribution in [3.8, 4) is 11.8 Å². The van der Waals surface area contributed by atoms with Crippen molar-refractivity contribution in [2.75, 3.05) is 26.5 Å². The number of benzene rings is 1. The smallest absolute Gasteiger partial charge is 0.121 e. The van der Waals surface area contributed by atoms with Crippen LogP contribution in [0.1, 0.15) is 49.2 Å². The Bertz CT molecular complexity index is 871. The second-order valence-electron chi connectivity index (χ2n) is 6.79. The molecule has 0 radical (unpaired) electrons. The SMILES string of the molecule is CC#Cc1ccc([C@@H](C)Nc2ccc(Cl)c(C(CC=O)NC)c2)nc1.CN(C)C=N. The summed E-state index contributed by atoms with van der Waals surface area (Å²) in [6.07, 6.45) is 4.29. The molecular weight excluding hydrogens is 398 g/mol. The highest BCUT2D eigenvalue weighted by Crippen LogP contribution is 2.29. The predicted molar refractivity (Wildman–Crippen MR) is 125 cm³/mol. The summed E-state index contributed by atoms with van der Waals surface area (Å²) in [6, 6.07) is 9.59. The first kappa shape index (κ1) is 25.2. The van der Waals surface area contributed by atoms with Crippen LogP contribution < -0.4 is 10.6 Å². The van der Waals surface area contributed by atoms with Crippen LogP contribution in [0.15, 0.2) is 36.5 Å². The third kappa shape index (κ3) is 8.24. The maximum Gasteiger partial charge on any atom is 0.121 e. The van der Waals surface area contributed by atoms with Gasteiger partial charge in [-0.25, -0.2) is 0 Å².